The van der Waals surface area contributed by atoms with Gasteiger partial charge in [-0.25, -0.2) is 4.39 Å². The second-order valence-electron chi connectivity index (χ2n) is 5.95. The van der Waals surface area contributed by atoms with Crippen LogP contribution in [-0.4, -0.2) is 10.9 Å². The molecule has 2 aromatic carbocycles. The summed E-state index contributed by atoms with van der Waals surface area (Å²) in [6, 6.07) is 13.8. The first kappa shape index (κ1) is 17.1. The van der Waals surface area contributed by atoms with Crippen molar-refractivity contribution in [3.8, 4) is 0 Å². The Bertz CT molecular complexity index is 833. The molecular formula is C19H18FN3OS. The molecule has 4 N–H and O–H groups in total. The lowest BCUT2D eigenvalue weighted by Crippen LogP contribution is -2.21. The zero-order chi connectivity index (χ0) is 17.8. The molecule has 0 fully saturated rings. The molecule has 2 aromatic rings. The SMILES string of the molecule is NC(=S)Nc1ccccc1NC1=CC(=O)CC(c2ccc(F)cc2)C1. The third kappa shape index (κ3) is 4.42. The Morgan fingerprint density at radius 3 is 2.44 bits per heavy atom. The van der Waals surface area contributed by atoms with Gasteiger partial charge in [-0.05, 0) is 54.4 Å². The van der Waals surface area contributed by atoms with Crippen molar-refractivity contribution >= 4 is 34.5 Å². The zero-order valence-electron chi connectivity index (χ0n) is 13.5. The maximum absolute atomic E-state index is 13.1. The van der Waals surface area contributed by atoms with E-state index in [4.69, 9.17) is 18.0 Å². The molecular weight excluding hydrogens is 337 g/mol. The Kier molecular flexibility index (Phi) is 5.09. The van der Waals surface area contributed by atoms with Crippen LogP contribution in [0.4, 0.5) is 15.8 Å². The first-order chi connectivity index (χ1) is 12.0. The summed E-state index contributed by atoms with van der Waals surface area (Å²) in [5.41, 5.74) is 8.84. The first-order valence-corrected chi connectivity index (χ1v) is 8.33. The number of thiocarbonyl (C=S) groups is 1. The van der Waals surface area contributed by atoms with E-state index in [-0.39, 0.29) is 22.6 Å². The number of hydrogen-bond acceptors (Lipinski definition) is 3. The van der Waals surface area contributed by atoms with Crippen LogP contribution in [0.3, 0.4) is 0 Å². The molecule has 25 heavy (non-hydrogen) atoms. The first-order valence-electron chi connectivity index (χ1n) is 7.92. The molecule has 1 unspecified atom stereocenters. The van der Waals surface area contributed by atoms with Gasteiger partial charge in [0.25, 0.3) is 0 Å². The van der Waals surface area contributed by atoms with Gasteiger partial charge in [-0.2, -0.15) is 0 Å². The molecule has 1 aliphatic carbocycles. The molecule has 0 radical (unpaired) electrons. The fourth-order valence-electron chi connectivity index (χ4n) is 2.96. The smallest absolute Gasteiger partial charge is 0.168 e. The predicted molar refractivity (Wildman–Crippen MR) is 102 cm³/mol. The summed E-state index contributed by atoms with van der Waals surface area (Å²) in [5.74, 6) is -0.211. The number of para-hydroxylation sites is 2. The van der Waals surface area contributed by atoms with Gasteiger partial charge in [0.2, 0.25) is 0 Å². The maximum Gasteiger partial charge on any atom is 0.168 e. The van der Waals surface area contributed by atoms with E-state index < -0.39 is 0 Å². The maximum atomic E-state index is 13.1. The molecule has 0 saturated carbocycles. The van der Waals surface area contributed by atoms with Crippen molar-refractivity contribution in [1.29, 1.82) is 0 Å². The highest BCUT2D eigenvalue weighted by molar-refractivity contribution is 7.80. The Morgan fingerprint density at radius 1 is 1.08 bits per heavy atom. The van der Waals surface area contributed by atoms with Crippen molar-refractivity contribution in [2.24, 2.45) is 5.73 Å². The van der Waals surface area contributed by atoms with Crippen LogP contribution in [-0.2, 0) is 4.79 Å². The third-order valence-corrected chi connectivity index (χ3v) is 4.17. The normalized spacial score (nSPS) is 16.9. The number of nitrogens with one attached hydrogen (secondary N) is 2. The molecule has 4 nitrogen and oxygen atoms in total. The number of ketones is 1. The summed E-state index contributed by atoms with van der Waals surface area (Å²) in [5, 5.41) is 6.37. The average Bonchev–Trinajstić information content (AvgIpc) is 2.56. The van der Waals surface area contributed by atoms with E-state index in [1.165, 1.54) is 12.1 Å². The molecule has 128 valence electrons. The van der Waals surface area contributed by atoms with Gasteiger partial charge in [0.15, 0.2) is 10.9 Å². The van der Waals surface area contributed by atoms with E-state index in [1.807, 2.05) is 24.3 Å². The average molecular weight is 355 g/mol. The number of allylic oxidation sites excluding steroid dienone is 2. The van der Waals surface area contributed by atoms with Crippen molar-refractivity contribution in [2.45, 2.75) is 18.8 Å². The summed E-state index contributed by atoms with van der Waals surface area (Å²) in [6.45, 7) is 0. The van der Waals surface area contributed by atoms with Gasteiger partial charge in [-0.1, -0.05) is 24.3 Å². The topological polar surface area (TPSA) is 67.2 Å². The molecule has 3 rings (SSSR count). The summed E-state index contributed by atoms with van der Waals surface area (Å²) in [7, 11) is 0. The number of benzene rings is 2. The van der Waals surface area contributed by atoms with E-state index >= 15 is 0 Å². The lowest BCUT2D eigenvalue weighted by molar-refractivity contribution is -0.115. The van der Waals surface area contributed by atoms with Gasteiger partial charge in [0, 0.05) is 18.2 Å². The Labute approximate surface area is 150 Å². The monoisotopic (exact) mass is 355 g/mol. The van der Waals surface area contributed by atoms with Crippen LogP contribution in [0.25, 0.3) is 0 Å². The van der Waals surface area contributed by atoms with Crippen LogP contribution < -0.4 is 16.4 Å². The predicted octanol–water partition coefficient (Wildman–Crippen LogP) is 3.92. The highest BCUT2D eigenvalue weighted by Crippen LogP contribution is 2.33. The molecule has 0 spiro atoms. The molecule has 0 saturated heterocycles. The second-order valence-corrected chi connectivity index (χ2v) is 6.39. The van der Waals surface area contributed by atoms with E-state index in [9.17, 15) is 9.18 Å². The van der Waals surface area contributed by atoms with Gasteiger partial charge in [0.05, 0.1) is 11.4 Å². The second kappa shape index (κ2) is 7.44. The molecule has 0 aromatic heterocycles. The number of halogens is 1. The standard InChI is InChI=1S/C19H18FN3OS/c20-14-7-5-12(6-8-14)13-9-15(11-16(24)10-13)22-17-3-1-2-4-18(17)23-19(21)25/h1-8,11,13,22H,9-10H2,(H3,21,23,25). The number of hydrogen-bond donors (Lipinski definition) is 3. The summed E-state index contributed by atoms with van der Waals surface area (Å²) in [6.07, 6.45) is 2.71. The largest absolute Gasteiger partial charge is 0.376 e. The number of carbonyl (C=O) groups is 1. The highest BCUT2D eigenvalue weighted by Gasteiger charge is 2.22. The summed E-state index contributed by atoms with van der Waals surface area (Å²) in [4.78, 5) is 12.1. The van der Waals surface area contributed by atoms with E-state index in [0.29, 0.717) is 12.8 Å². The van der Waals surface area contributed by atoms with Gasteiger partial charge in [0.1, 0.15) is 5.82 Å². The van der Waals surface area contributed by atoms with Crippen molar-refractivity contribution in [3.63, 3.8) is 0 Å². The quantitative estimate of drug-likeness (QED) is 0.725. The van der Waals surface area contributed by atoms with Crippen molar-refractivity contribution < 1.29 is 9.18 Å². The molecule has 6 heteroatoms. The van der Waals surface area contributed by atoms with Crippen LogP contribution in [0.2, 0.25) is 0 Å². The van der Waals surface area contributed by atoms with Crippen molar-refractivity contribution in [1.82, 2.24) is 0 Å². The molecule has 0 bridgehead atoms. The number of carbonyl (C=O) groups excluding carboxylic acids is 1. The third-order valence-electron chi connectivity index (χ3n) is 4.07. The highest BCUT2D eigenvalue weighted by atomic mass is 32.1. The van der Waals surface area contributed by atoms with E-state index in [2.05, 4.69) is 10.6 Å². The Morgan fingerprint density at radius 2 is 1.76 bits per heavy atom. The molecule has 1 aliphatic rings. The molecule has 1 atom stereocenters. The lowest BCUT2D eigenvalue weighted by Gasteiger charge is -2.24. The number of nitrogens with two attached hydrogens (primary N) is 1. The van der Waals surface area contributed by atoms with Crippen LogP contribution in [0, 0.1) is 5.82 Å². The van der Waals surface area contributed by atoms with Crippen molar-refractivity contribution in [3.05, 3.63) is 71.7 Å². The Hall–Kier alpha value is -2.73. The lowest BCUT2D eigenvalue weighted by atomic mass is 9.85. The summed E-state index contributed by atoms with van der Waals surface area (Å²) >= 11 is 4.89. The van der Waals surface area contributed by atoms with E-state index in [1.54, 1.807) is 18.2 Å². The number of rotatable bonds is 4. The number of anilines is 2. The van der Waals surface area contributed by atoms with Crippen LogP contribution >= 0.6 is 12.2 Å². The molecule has 0 amide bonds. The van der Waals surface area contributed by atoms with Gasteiger partial charge < -0.3 is 16.4 Å². The van der Waals surface area contributed by atoms with Crippen LogP contribution in [0.1, 0.15) is 24.3 Å². The molecule has 0 aliphatic heterocycles. The van der Waals surface area contributed by atoms with Crippen molar-refractivity contribution in [2.75, 3.05) is 10.6 Å². The zero-order valence-corrected chi connectivity index (χ0v) is 14.3. The molecule has 0 heterocycles. The van der Waals surface area contributed by atoms with Crippen LogP contribution in [0.5, 0.6) is 0 Å². The summed E-state index contributed by atoms with van der Waals surface area (Å²) < 4.78 is 13.1. The van der Waals surface area contributed by atoms with Gasteiger partial charge in [-0.3, -0.25) is 4.79 Å². The van der Waals surface area contributed by atoms with Crippen LogP contribution in [0.15, 0.2) is 60.3 Å². The minimum atomic E-state index is -0.280. The van der Waals surface area contributed by atoms with Gasteiger partial charge >= 0.3 is 0 Å². The minimum absolute atomic E-state index is 0.0244. The fraction of sp³-hybridized carbons (Fsp3) is 0.158. The van der Waals surface area contributed by atoms with Gasteiger partial charge in [-0.15, -0.1) is 0 Å². The van der Waals surface area contributed by atoms with E-state index in [0.717, 1.165) is 22.6 Å². The fourth-order valence-corrected chi connectivity index (χ4v) is 3.07. The minimum Gasteiger partial charge on any atom is -0.376 e. The Balaban J connectivity index is 1.80.